The lowest BCUT2D eigenvalue weighted by molar-refractivity contribution is 0.824. The third-order valence-electron chi connectivity index (χ3n) is 1.42. The van der Waals surface area contributed by atoms with E-state index in [9.17, 15) is 0 Å². The first-order valence-electron chi connectivity index (χ1n) is 4.09. The van der Waals surface area contributed by atoms with Crippen molar-refractivity contribution < 1.29 is 5.48 Å². The zero-order valence-electron chi connectivity index (χ0n) is 8.05. The molecule has 0 saturated heterocycles. The van der Waals surface area contributed by atoms with Gasteiger partial charge in [0, 0.05) is 6.21 Å². The average molecular weight is 223 g/mol. The van der Waals surface area contributed by atoms with Gasteiger partial charge in [-0.1, -0.05) is 36.4 Å². The van der Waals surface area contributed by atoms with Crippen molar-refractivity contribution in [2.75, 3.05) is 0 Å². The number of thiocarbonyl (C=S) groups is 1. The maximum Gasteiger partial charge on any atom is 0.184 e. The molecule has 1 aromatic rings. The van der Waals surface area contributed by atoms with Crippen molar-refractivity contribution in [3.05, 3.63) is 42.0 Å². The summed E-state index contributed by atoms with van der Waals surface area (Å²) in [5, 5.41) is 3.92. The Kier molecular flexibility index (Phi) is 6.78. The van der Waals surface area contributed by atoms with Crippen LogP contribution in [0.15, 0.2) is 41.5 Å². The van der Waals surface area contributed by atoms with E-state index in [0.717, 1.165) is 5.56 Å². The van der Waals surface area contributed by atoms with Crippen molar-refractivity contribution in [3.63, 3.8) is 0 Å². The van der Waals surface area contributed by atoms with Crippen molar-refractivity contribution in [2.24, 2.45) is 10.8 Å². The Labute approximate surface area is 93.8 Å². The fourth-order valence-corrected chi connectivity index (χ4v) is 0.915. The van der Waals surface area contributed by atoms with Gasteiger partial charge < -0.3 is 11.2 Å². The molecule has 0 radical (unpaired) electrons. The molecule has 0 spiro atoms. The van der Waals surface area contributed by atoms with Gasteiger partial charge in [0.15, 0.2) is 5.11 Å². The topological polar surface area (TPSA) is 81.9 Å². The number of benzene rings is 1. The van der Waals surface area contributed by atoms with Crippen molar-refractivity contribution in [1.29, 1.82) is 0 Å². The van der Waals surface area contributed by atoms with E-state index in [4.69, 9.17) is 5.73 Å². The second kappa shape index (κ2) is 7.66. The van der Waals surface area contributed by atoms with Gasteiger partial charge in [-0.25, -0.2) is 0 Å². The molecule has 1 aromatic carbocycles. The molecule has 0 aromatic heterocycles. The minimum absolute atomic E-state index is 0. The van der Waals surface area contributed by atoms with Gasteiger partial charge in [0.1, 0.15) is 0 Å². The number of nitrogens with one attached hydrogen (secondary N) is 1. The second-order valence-electron chi connectivity index (χ2n) is 2.52. The highest BCUT2D eigenvalue weighted by atomic mass is 32.1. The Bertz CT molecular complexity index is 349. The van der Waals surface area contributed by atoms with Crippen LogP contribution in [0.4, 0.5) is 0 Å². The fraction of sp³-hybridized carbons (Fsp3) is 0. The number of nitrogens with zero attached hydrogens (tertiary/aromatic N) is 1. The third-order valence-corrected chi connectivity index (χ3v) is 1.51. The van der Waals surface area contributed by atoms with Gasteiger partial charge in [-0.15, -0.1) is 0 Å². The summed E-state index contributed by atoms with van der Waals surface area (Å²) in [4.78, 5) is 0. The van der Waals surface area contributed by atoms with Gasteiger partial charge in [0.25, 0.3) is 0 Å². The monoisotopic (exact) mass is 223 g/mol. The summed E-state index contributed by atoms with van der Waals surface area (Å²) in [5.74, 6) is 0. The van der Waals surface area contributed by atoms with Crippen molar-refractivity contribution in [1.82, 2.24) is 5.43 Å². The van der Waals surface area contributed by atoms with Crippen LogP contribution < -0.4 is 11.2 Å². The minimum Gasteiger partial charge on any atom is -0.412 e. The fourth-order valence-electron chi connectivity index (χ4n) is 0.862. The number of hydrogen-bond donors (Lipinski definition) is 2. The summed E-state index contributed by atoms with van der Waals surface area (Å²) in [7, 11) is 0. The van der Waals surface area contributed by atoms with Gasteiger partial charge in [-0.05, 0) is 23.9 Å². The zero-order chi connectivity index (χ0) is 10.2. The van der Waals surface area contributed by atoms with Crippen LogP contribution in [-0.2, 0) is 0 Å². The Morgan fingerprint density at radius 1 is 1.33 bits per heavy atom. The molecule has 0 unspecified atom stereocenters. The highest BCUT2D eigenvalue weighted by Gasteiger charge is 1.80. The van der Waals surface area contributed by atoms with Gasteiger partial charge in [-0.2, -0.15) is 5.10 Å². The molecular weight excluding hydrogens is 210 g/mol. The second-order valence-corrected chi connectivity index (χ2v) is 2.96. The largest absolute Gasteiger partial charge is 0.412 e. The maximum atomic E-state index is 5.17. The maximum absolute atomic E-state index is 5.17. The molecule has 0 fully saturated rings. The number of hydrazone groups is 1. The molecule has 4 nitrogen and oxygen atoms in total. The molecule has 0 heterocycles. The summed E-state index contributed by atoms with van der Waals surface area (Å²) in [6.45, 7) is 0. The van der Waals surface area contributed by atoms with E-state index in [1.807, 2.05) is 36.4 Å². The molecule has 0 saturated carbocycles. The third kappa shape index (κ3) is 6.36. The highest BCUT2D eigenvalue weighted by Crippen LogP contribution is 1.99. The molecule has 0 aliphatic carbocycles. The average Bonchev–Trinajstić information content (AvgIpc) is 2.18. The van der Waals surface area contributed by atoms with Crippen molar-refractivity contribution in [3.8, 4) is 0 Å². The lowest BCUT2D eigenvalue weighted by Crippen LogP contribution is -2.23. The molecule has 1 rings (SSSR count). The molecule has 0 aliphatic heterocycles. The van der Waals surface area contributed by atoms with Crippen molar-refractivity contribution in [2.45, 2.75) is 0 Å². The number of allylic oxidation sites excluding steroid dienone is 1. The first-order valence-corrected chi connectivity index (χ1v) is 4.50. The molecule has 15 heavy (non-hydrogen) atoms. The molecular formula is C10H13N3OS. The van der Waals surface area contributed by atoms with Gasteiger partial charge >= 0.3 is 0 Å². The molecule has 0 aliphatic rings. The first kappa shape index (κ1) is 13.3. The van der Waals surface area contributed by atoms with E-state index < -0.39 is 0 Å². The molecule has 0 bridgehead atoms. The Hall–Kier alpha value is -1.72. The highest BCUT2D eigenvalue weighted by molar-refractivity contribution is 7.80. The first-order chi connectivity index (χ1) is 6.79. The molecule has 0 atom stereocenters. The van der Waals surface area contributed by atoms with Crippen LogP contribution >= 0.6 is 12.2 Å². The zero-order valence-corrected chi connectivity index (χ0v) is 8.87. The Morgan fingerprint density at radius 3 is 2.60 bits per heavy atom. The van der Waals surface area contributed by atoms with Crippen LogP contribution in [0.25, 0.3) is 6.08 Å². The minimum atomic E-state index is 0. The number of nitrogens with two attached hydrogens (primary N) is 1. The SMILES string of the molecule is NC(=S)NN=CC=Cc1ccccc1.O. The summed E-state index contributed by atoms with van der Waals surface area (Å²) >= 11 is 4.57. The summed E-state index contributed by atoms with van der Waals surface area (Å²) in [6.07, 6.45) is 5.33. The van der Waals surface area contributed by atoms with Gasteiger partial charge in [-0.3, -0.25) is 5.43 Å². The summed E-state index contributed by atoms with van der Waals surface area (Å²) in [5.41, 5.74) is 8.75. The van der Waals surface area contributed by atoms with Crippen LogP contribution in [-0.4, -0.2) is 16.8 Å². The predicted octanol–water partition coefficient (Wildman–Crippen LogP) is 0.694. The standard InChI is InChI=1S/C10H11N3S.H2O/c11-10(14)13-12-8-4-7-9-5-2-1-3-6-9;/h1-8H,(H3,11,13,14);1H2. The van der Waals surface area contributed by atoms with Gasteiger partial charge in [0.05, 0.1) is 0 Å². The normalized spacial score (nSPS) is 10.1. The smallest absolute Gasteiger partial charge is 0.184 e. The van der Waals surface area contributed by atoms with E-state index in [-0.39, 0.29) is 10.6 Å². The molecule has 5 N–H and O–H groups in total. The van der Waals surface area contributed by atoms with E-state index in [1.165, 1.54) is 0 Å². The Balaban J connectivity index is 0.00000196. The van der Waals surface area contributed by atoms with Crippen molar-refractivity contribution >= 4 is 29.6 Å². The summed E-state index contributed by atoms with van der Waals surface area (Å²) < 4.78 is 0. The van der Waals surface area contributed by atoms with Crippen LogP contribution in [0, 0.1) is 0 Å². The predicted molar refractivity (Wildman–Crippen MR) is 67.5 cm³/mol. The number of hydrogen-bond acceptors (Lipinski definition) is 2. The van der Waals surface area contributed by atoms with Gasteiger partial charge in [0.2, 0.25) is 0 Å². The van der Waals surface area contributed by atoms with E-state index in [2.05, 4.69) is 22.7 Å². The van der Waals surface area contributed by atoms with Crippen LogP contribution in [0.5, 0.6) is 0 Å². The number of rotatable bonds is 3. The van der Waals surface area contributed by atoms with E-state index in [1.54, 1.807) is 12.3 Å². The molecule has 80 valence electrons. The molecule has 5 heteroatoms. The van der Waals surface area contributed by atoms with E-state index in [0.29, 0.717) is 0 Å². The quantitative estimate of drug-likeness (QED) is 0.449. The summed E-state index contributed by atoms with van der Waals surface area (Å²) in [6, 6.07) is 9.94. The van der Waals surface area contributed by atoms with Crippen LogP contribution in [0.2, 0.25) is 0 Å². The van der Waals surface area contributed by atoms with Crippen LogP contribution in [0.1, 0.15) is 5.56 Å². The molecule has 0 amide bonds. The lowest BCUT2D eigenvalue weighted by atomic mass is 10.2. The van der Waals surface area contributed by atoms with Crippen LogP contribution in [0.3, 0.4) is 0 Å². The van der Waals surface area contributed by atoms with E-state index >= 15 is 0 Å². The lowest BCUT2D eigenvalue weighted by Gasteiger charge is -1.91. The Morgan fingerprint density at radius 2 is 2.00 bits per heavy atom.